The highest BCUT2D eigenvalue weighted by atomic mass is 32.2. The molecule has 134 valence electrons. The molecule has 2 fully saturated rings. The van der Waals surface area contributed by atoms with Gasteiger partial charge in [0, 0.05) is 36.5 Å². The van der Waals surface area contributed by atoms with Gasteiger partial charge in [-0.25, -0.2) is 4.39 Å². The van der Waals surface area contributed by atoms with Gasteiger partial charge in [0.05, 0.1) is 5.52 Å². The van der Waals surface area contributed by atoms with E-state index in [1.54, 1.807) is 30.1 Å². The third kappa shape index (κ3) is 2.84. The Morgan fingerprint density at radius 3 is 2.77 bits per heavy atom. The second-order valence-corrected chi connectivity index (χ2v) is 7.92. The molecular formula is C19H20FN5S. The van der Waals surface area contributed by atoms with Crippen molar-refractivity contribution in [1.29, 1.82) is 0 Å². The maximum absolute atomic E-state index is 14.0. The Morgan fingerprint density at radius 1 is 1.12 bits per heavy atom. The molecule has 0 unspecified atom stereocenters. The van der Waals surface area contributed by atoms with E-state index < -0.39 is 0 Å². The Morgan fingerprint density at radius 2 is 1.96 bits per heavy atom. The van der Waals surface area contributed by atoms with Crippen molar-refractivity contribution in [3.63, 3.8) is 0 Å². The Labute approximate surface area is 155 Å². The van der Waals surface area contributed by atoms with E-state index in [2.05, 4.69) is 24.6 Å². The summed E-state index contributed by atoms with van der Waals surface area (Å²) in [5, 5.41) is 10.5. The molecule has 1 saturated carbocycles. The van der Waals surface area contributed by atoms with E-state index in [1.165, 1.54) is 31.7 Å². The summed E-state index contributed by atoms with van der Waals surface area (Å²) in [5.74, 6) is 1.51. The monoisotopic (exact) mass is 369 g/mol. The predicted octanol–water partition coefficient (Wildman–Crippen LogP) is 4.19. The molecule has 1 saturated heterocycles. The Bertz CT molecular complexity index is 946. The first-order chi connectivity index (χ1) is 12.8. The summed E-state index contributed by atoms with van der Waals surface area (Å²) in [6, 6.07) is 7.45. The van der Waals surface area contributed by atoms with Gasteiger partial charge in [0.1, 0.15) is 5.82 Å². The molecule has 1 aliphatic carbocycles. The van der Waals surface area contributed by atoms with E-state index in [0.717, 1.165) is 35.3 Å². The minimum atomic E-state index is -0.223. The number of rotatable bonds is 5. The second kappa shape index (κ2) is 6.54. The number of pyridine rings is 1. The number of benzene rings is 1. The molecule has 0 amide bonds. The summed E-state index contributed by atoms with van der Waals surface area (Å²) in [7, 11) is 0. The summed E-state index contributed by atoms with van der Waals surface area (Å²) >= 11 is 1.67. The quantitative estimate of drug-likeness (QED) is 0.631. The van der Waals surface area contributed by atoms with Crippen molar-refractivity contribution in [1.82, 2.24) is 19.7 Å². The molecule has 2 aromatic heterocycles. The lowest BCUT2D eigenvalue weighted by atomic mass is 10.1. The van der Waals surface area contributed by atoms with Gasteiger partial charge in [0.25, 0.3) is 0 Å². The molecule has 0 bridgehead atoms. The van der Waals surface area contributed by atoms with Gasteiger partial charge in [-0.1, -0.05) is 17.8 Å². The zero-order chi connectivity index (χ0) is 17.5. The molecule has 0 N–H and O–H groups in total. The fourth-order valence-electron chi connectivity index (χ4n) is 3.61. The molecule has 7 heteroatoms. The summed E-state index contributed by atoms with van der Waals surface area (Å²) in [4.78, 5) is 6.74. The Kier molecular flexibility index (Phi) is 4.04. The van der Waals surface area contributed by atoms with Crippen LogP contribution in [0.3, 0.4) is 0 Å². The zero-order valence-corrected chi connectivity index (χ0v) is 15.3. The van der Waals surface area contributed by atoms with Crippen molar-refractivity contribution in [2.75, 3.05) is 18.0 Å². The van der Waals surface area contributed by atoms with Crippen LogP contribution in [-0.4, -0.2) is 32.8 Å². The molecule has 2 aliphatic rings. The first-order valence-electron chi connectivity index (χ1n) is 9.16. The molecule has 26 heavy (non-hydrogen) atoms. The minimum Gasteiger partial charge on any atom is -0.341 e. The van der Waals surface area contributed by atoms with Crippen molar-refractivity contribution in [3.8, 4) is 0 Å². The Hall–Kier alpha value is -2.15. The standard InChI is InChI=1S/C19H20FN5S/c20-16-8-5-13(17-15(16)4-3-9-21-17)12-26-19-23-22-18(24-10-1-2-11-24)25(19)14-6-7-14/h3-5,8-9,14H,1-2,6-7,10-12H2. The SMILES string of the molecule is Fc1ccc(CSc2nnc(N3CCCC3)n2C2CC2)c2ncccc12. The van der Waals surface area contributed by atoms with Crippen LogP contribution < -0.4 is 4.90 Å². The highest BCUT2D eigenvalue weighted by Gasteiger charge is 2.32. The van der Waals surface area contributed by atoms with Crippen LogP contribution in [0.2, 0.25) is 0 Å². The van der Waals surface area contributed by atoms with Gasteiger partial charge in [0.15, 0.2) is 5.16 Å². The van der Waals surface area contributed by atoms with E-state index >= 15 is 0 Å². The van der Waals surface area contributed by atoms with E-state index in [-0.39, 0.29) is 5.82 Å². The van der Waals surface area contributed by atoms with Gasteiger partial charge in [-0.15, -0.1) is 10.2 Å². The summed E-state index contributed by atoms with van der Waals surface area (Å²) in [6.45, 7) is 2.14. The van der Waals surface area contributed by atoms with Gasteiger partial charge in [0.2, 0.25) is 5.95 Å². The van der Waals surface area contributed by atoms with E-state index in [0.29, 0.717) is 17.2 Å². The van der Waals surface area contributed by atoms with Crippen LogP contribution in [0.5, 0.6) is 0 Å². The molecule has 1 aliphatic heterocycles. The lowest BCUT2D eigenvalue weighted by molar-refractivity contribution is 0.639. The van der Waals surface area contributed by atoms with E-state index in [9.17, 15) is 4.39 Å². The molecule has 5 nitrogen and oxygen atoms in total. The lowest BCUT2D eigenvalue weighted by Gasteiger charge is -2.18. The largest absolute Gasteiger partial charge is 0.341 e. The highest BCUT2D eigenvalue weighted by molar-refractivity contribution is 7.98. The average Bonchev–Trinajstić information content (AvgIpc) is 3.19. The topological polar surface area (TPSA) is 46.8 Å². The van der Waals surface area contributed by atoms with Crippen LogP contribution in [0.1, 0.15) is 37.3 Å². The van der Waals surface area contributed by atoms with Crippen LogP contribution in [0.4, 0.5) is 10.3 Å². The summed E-state index contributed by atoms with van der Waals surface area (Å²) in [6.07, 6.45) is 6.58. The minimum absolute atomic E-state index is 0.223. The maximum atomic E-state index is 14.0. The fraction of sp³-hybridized carbons (Fsp3) is 0.421. The number of nitrogens with zero attached hydrogens (tertiary/aromatic N) is 5. The van der Waals surface area contributed by atoms with Gasteiger partial charge >= 0.3 is 0 Å². The van der Waals surface area contributed by atoms with Crippen LogP contribution in [0, 0.1) is 5.82 Å². The first-order valence-corrected chi connectivity index (χ1v) is 10.1. The van der Waals surface area contributed by atoms with Crippen LogP contribution >= 0.6 is 11.8 Å². The van der Waals surface area contributed by atoms with Crippen molar-refractivity contribution in [2.45, 2.75) is 42.6 Å². The van der Waals surface area contributed by atoms with E-state index in [4.69, 9.17) is 0 Å². The molecular weight excluding hydrogens is 349 g/mol. The molecule has 1 aromatic carbocycles. The predicted molar refractivity (Wildman–Crippen MR) is 101 cm³/mol. The molecule has 3 aromatic rings. The van der Waals surface area contributed by atoms with Crippen molar-refractivity contribution in [3.05, 3.63) is 41.8 Å². The molecule has 0 radical (unpaired) electrons. The third-order valence-corrected chi connectivity index (χ3v) is 6.10. The number of halogens is 1. The number of fused-ring (bicyclic) bond motifs is 1. The van der Waals surface area contributed by atoms with Crippen LogP contribution in [0.15, 0.2) is 35.6 Å². The van der Waals surface area contributed by atoms with Gasteiger partial charge in [-0.2, -0.15) is 0 Å². The Balaban J connectivity index is 1.43. The van der Waals surface area contributed by atoms with Crippen LogP contribution in [0.25, 0.3) is 10.9 Å². The number of hydrogen-bond donors (Lipinski definition) is 0. The van der Waals surface area contributed by atoms with Crippen molar-refractivity contribution >= 4 is 28.6 Å². The fourth-order valence-corrected chi connectivity index (χ4v) is 4.59. The summed E-state index contributed by atoms with van der Waals surface area (Å²) < 4.78 is 16.3. The zero-order valence-electron chi connectivity index (χ0n) is 14.4. The lowest BCUT2D eigenvalue weighted by Crippen LogP contribution is -2.22. The first kappa shape index (κ1) is 16.1. The number of aromatic nitrogens is 4. The second-order valence-electron chi connectivity index (χ2n) is 6.97. The normalized spacial score (nSPS) is 17.3. The van der Waals surface area contributed by atoms with E-state index in [1.807, 2.05) is 6.07 Å². The number of hydrogen-bond acceptors (Lipinski definition) is 5. The summed E-state index contributed by atoms with van der Waals surface area (Å²) in [5.41, 5.74) is 1.76. The number of thioether (sulfide) groups is 1. The third-order valence-electron chi connectivity index (χ3n) is 5.10. The smallest absolute Gasteiger partial charge is 0.228 e. The molecule has 3 heterocycles. The van der Waals surface area contributed by atoms with Gasteiger partial charge < -0.3 is 4.90 Å². The van der Waals surface area contributed by atoms with Crippen molar-refractivity contribution < 1.29 is 4.39 Å². The van der Waals surface area contributed by atoms with Crippen molar-refractivity contribution in [2.24, 2.45) is 0 Å². The molecule has 0 spiro atoms. The molecule has 5 rings (SSSR count). The van der Waals surface area contributed by atoms with Gasteiger partial charge in [-0.3, -0.25) is 9.55 Å². The number of anilines is 1. The highest BCUT2D eigenvalue weighted by Crippen LogP contribution is 2.42. The molecule has 0 atom stereocenters. The van der Waals surface area contributed by atoms with Crippen LogP contribution in [-0.2, 0) is 5.75 Å². The maximum Gasteiger partial charge on any atom is 0.228 e. The van der Waals surface area contributed by atoms with Gasteiger partial charge in [-0.05, 0) is 49.4 Å². The average molecular weight is 369 g/mol.